The molecule has 1 aromatic carbocycles. The van der Waals surface area contributed by atoms with Gasteiger partial charge in [-0.25, -0.2) is 22.3 Å². The van der Waals surface area contributed by atoms with Crippen LogP contribution in [-0.2, 0) is 9.84 Å². The summed E-state index contributed by atoms with van der Waals surface area (Å²) >= 11 is 1.31. The van der Waals surface area contributed by atoms with E-state index in [1.807, 2.05) is 0 Å². The van der Waals surface area contributed by atoms with E-state index in [2.05, 4.69) is 35.8 Å². The summed E-state index contributed by atoms with van der Waals surface area (Å²) < 4.78 is 45.4. The Morgan fingerprint density at radius 2 is 1.94 bits per heavy atom. The number of likely N-dealkylation sites (tertiary alicyclic amines) is 1. The minimum Gasteiger partial charge on any atom is -0.466 e. The second kappa shape index (κ2) is 8.48. The van der Waals surface area contributed by atoms with Crippen LogP contribution in [-0.4, -0.2) is 59.4 Å². The van der Waals surface area contributed by atoms with Gasteiger partial charge in [-0.05, 0) is 82.2 Å². The van der Waals surface area contributed by atoms with Crippen LogP contribution in [0.5, 0.6) is 5.19 Å². The lowest BCUT2D eigenvalue weighted by atomic mass is 9.91. The van der Waals surface area contributed by atoms with Crippen molar-refractivity contribution in [2.24, 2.45) is 5.92 Å². The fourth-order valence-electron chi connectivity index (χ4n) is 3.95. The number of ether oxygens (including phenoxy) is 1. The molecule has 0 unspecified atom stereocenters. The zero-order chi connectivity index (χ0) is 22.3. The Balaban J connectivity index is 1.46. The second-order valence-corrected chi connectivity index (χ2v) is 11.4. The molecule has 3 aromatic rings. The van der Waals surface area contributed by atoms with Crippen LogP contribution in [0.4, 0.5) is 4.39 Å². The third-order valence-corrected chi connectivity index (χ3v) is 7.85. The molecule has 1 aliphatic rings. The highest BCUT2D eigenvalue weighted by molar-refractivity contribution is 7.90. The van der Waals surface area contributed by atoms with Crippen molar-refractivity contribution in [1.29, 1.82) is 0 Å². The van der Waals surface area contributed by atoms with Gasteiger partial charge >= 0.3 is 0 Å². The van der Waals surface area contributed by atoms with Crippen molar-refractivity contribution in [2.75, 3.05) is 19.3 Å². The Kier molecular flexibility index (Phi) is 6.06. The van der Waals surface area contributed by atoms with Crippen LogP contribution in [0.3, 0.4) is 0 Å². The van der Waals surface area contributed by atoms with Gasteiger partial charge in [-0.3, -0.25) is 0 Å². The molecule has 3 heterocycles. The molecule has 10 heteroatoms. The van der Waals surface area contributed by atoms with Crippen molar-refractivity contribution in [2.45, 2.75) is 50.7 Å². The van der Waals surface area contributed by atoms with E-state index in [0.717, 1.165) is 38.3 Å². The van der Waals surface area contributed by atoms with Gasteiger partial charge in [0.25, 0.3) is 5.19 Å². The summed E-state index contributed by atoms with van der Waals surface area (Å²) in [7, 11) is -3.47. The van der Waals surface area contributed by atoms with Gasteiger partial charge in [-0.1, -0.05) is 0 Å². The van der Waals surface area contributed by atoms with E-state index in [9.17, 15) is 12.8 Å². The number of fused-ring (bicyclic) bond motifs is 1. The Bertz CT molecular complexity index is 1150. The minimum absolute atomic E-state index is 0.0585. The van der Waals surface area contributed by atoms with Gasteiger partial charge in [0.05, 0.1) is 16.8 Å². The summed E-state index contributed by atoms with van der Waals surface area (Å²) in [4.78, 5) is 7.48. The number of sulfone groups is 1. The number of rotatable bonds is 6. The number of nitrogens with zero attached hydrogens (tertiary/aromatic N) is 4. The quantitative estimate of drug-likeness (QED) is 0.549. The first-order valence-corrected chi connectivity index (χ1v) is 13.1. The fourth-order valence-corrected chi connectivity index (χ4v) is 5.40. The number of imidazole rings is 1. The smallest absolute Gasteiger partial charge is 0.294 e. The van der Waals surface area contributed by atoms with E-state index >= 15 is 0 Å². The third-order valence-electron chi connectivity index (χ3n) is 5.92. The molecule has 0 spiro atoms. The largest absolute Gasteiger partial charge is 0.466 e. The van der Waals surface area contributed by atoms with Crippen molar-refractivity contribution < 1.29 is 17.5 Å². The van der Waals surface area contributed by atoms with Crippen LogP contribution in [0.2, 0.25) is 0 Å². The topological polar surface area (TPSA) is 76.8 Å². The van der Waals surface area contributed by atoms with Crippen molar-refractivity contribution in [3.63, 3.8) is 0 Å². The van der Waals surface area contributed by atoms with E-state index in [4.69, 9.17) is 4.74 Å². The molecule has 168 valence electrons. The highest BCUT2D eigenvalue weighted by Crippen LogP contribution is 2.31. The van der Waals surface area contributed by atoms with Crippen LogP contribution >= 0.6 is 11.3 Å². The van der Waals surface area contributed by atoms with Crippen LogP contribution in [0.25, 0.3) is 16.2 Å². The van der Waals surface area contributed by atoms with E-state index in [1.54, 1.807) is 10.7 Å². The molecule has 7 nitrogen and oxygen atoms in total. The van der Waals surface area contributed by atoms with Gasteiger partial charge in [-0.15, -0.1) is 5.10 Å². The highest BCUT2D eigenvalue weighted by atomic mass is 32.2. The van der Waals surface area contributed by atoms with Crippen molar-refractivity contribution in [3.8, 4) is 16.5 Å². The van der Waals surface area contributed by atoms with Gasteiger partial charge < -0.3 is 9.64 Å². The molecule has 1 saturated heterocycles. The van der Waals surface area contributed by atoms with Crippen LogP contribution in [0, 0.1) is 11.7 Å². The normalized spacial score (nSPS) is 17.5. The maximum Gasteiger partial charge on any atom is 0.294 e. The third kappa shape index (κ3) is 4.75. The van der Waals surface area contributed by atoms with Crippen molar-refractivity contribution >= 4 is 26.1 Å². The van der Waals surface area contributed by atoms with Crippen molar-refractivity contribution in [1.82, 2.24) is 19.5 Å². The summed E-state index contributed by atoms with van der Waals surface area (Å²) in [5.41, 5.74) is 0.634. The standard InChI is InChI=1S/C21H27FN4O3S2/c1-13(2)25-9-7-15(8-10-25)14(3)29-21-24-26-12-19(23-20(26)30-21)17-6-5-16(11-18(17)22)31(4,27)28/h5-6,11-15H,7-10H2,1-4H3/t14-/m0/s1. The first-order chi connectivity index (χ1) is 14.6. The number of hydrogen-bond donors (Lipinski definition) is 0. The molecule has 2 aromatic heterocycles. The molecule has 0 bridgehead atoms. The Morgan fingerprint density at radius 3 is 2.52 bits per heavy atom. The van der Waals surface area contributed by atoms with E-state index in [-0.39, 0.29) is 16.6 Å². The monoisotopic (exact) mass is 466 g/mol. The molecule has 0 saturated carbocycles. The van der Waals surface area contributed by atoms with Gasteiger partial charge in [0.15, 0.2) is 9.84 Å². The molecule has 1 atom stereocenters. The predicted molar refractivity (Wildman–Crippen MR) is 119 cm³/mol. The number of hydrogen-bond acceptors (Lipinski definition) is 7. The van der Waals surface area contributed by atoms with Gasteiger partial charge in [0.1, 0.15) is 11.9 Å². The second-order valence-electron chi connectivity index (χ2n) is 8.43. The lowest BCUT2D eigenvalue weighted by Gasteiger charge is -2.36. The molecule has 0 N–H and O–H groups in total. The number of halogens is 1. The Labute approximate surface area is 185 Å². The van der Waals surface area contributed by atoms with E-state index in [1.165, 1.54) is 23.5 Å². The highest BCUT2D eigenvalue weighted by Gasteiger charge is 2.27. The van der Waals surface area contributed by atoms with Crippen molar-refractivity contribution in [3.05, 3.63) is 30.2 Å². The molecule has 1 fully saturated rings. The summed E-state index contributed by atoms with van der Waals surface area (Å²) in [5, 5.41) is 4.99. The molecule has 0 radical (unpaired) electrons. The molecule has 0 amide bonds. The van der Waals surface area contributed by atoms with Gasteiger partial charge in [0.2, 0.25) is 4.96 Å². The zero-order valence-corrected chi connectivity index (χ0v) is 19.7. The van der Waals surface area contributed by atoms with Crippen LogP contribution < -0.4 is 4.74 Å². The Hall–Kier alpha value is -2.04. The zero-order valence-electron chi connectivity index (χ0n) is 18.1. The maximum absolute atomic E-state index is 14.5. The SMILES string of the molecule is CC(C)N1CCC([C@H](C)Oc2nn3cc(-c4ccc(S(C)(=O)=O)cc4F)nc3s2)CC1. The van der Waals surface area contributed by atoms with Gasteiger partial charge in [0, 0.05) is 17.9 Å². The minimum atomic E-state index is -3.47. The molecular formula is C21H27FN4O3S2. The molecule has 1 aliphatic heterocycles. The van der Waals surface area contributed by atoms with E-state index < -0.39 is 15.7 Å². The van der Waals surface area contributed by atoms with Gasteiger partial charge in [-0.2, -0.15) is 0 Å². The number of piperidine rings is 1. The summed E-state index contributed by atoms with van der Waals surface area (Å²) in [6.45, 7) is 8.72. The average molecular weight is 467 g/mol. The average Bonchev–Trinajstić information content (AvgIpc) is 3.25. The molecule has 31 heavy (non-hydrogen) atoms. The maximum atomic E-state index is 14.5. The molecule has 4 rings (SSSR count). The molecule has 0 aliphatic carbocycles. The van der Waals surface area contributed by atoms with E-state index in [0.29, 0.717) is 27.8 Å². The lowest BCUT2D eigenvalue weighted by molar-refractivity contribution is 0.0750. The fraction of sp³-hybridized carbons (Fsp3) is 0.524. The van der Waals surface area contributed by atoms with Crippen LogP contribution in [0.1, 0.15) is 33.6 Å². The number of benzene rings is 1. The lowest BCUT2D eigenvalue weighted by Crippen LogP contribution is -2.41. The first-order valence-electron chi connectivity index (χ1n) is 10.4. The number of aromatic nitrogens is 3. The predicted octanol–water partition coefficient (Wildman–Crippen LogP) is 3.89. The van der Waals surface area contributed by atoms with Crippen LogP contribution in [0.15, 0.2) is 29.3 Å². The molecular weight excluding hydrogens is 439 g/mol. The Morgan fingerprint density at radius 1 is 1.23 bits per heavy atom. The summed E-state index contributed by atoms with van der Waals surface area (Å²) in [6, 6.07) is 4.41. The summed E-state index contributed by atoms with van der Waals surface area (Å²) in [6.07, 6.45) is 4.95. The summed E-state index contributed by atoms with van der Waals surface area (Å²) in [5.74, 6) is -0.143. The first kappa shape index (κ1) is 22.2.